The highest BCUT2D eigenvalue weighted by molar-refractivity contribution is 5.83. The van der Waals surface area contributed by atoms with Gasteiger partial charge >= 0.3 is 0 Å². The number of imidazole rings is 2. The normalized spacial score (nSPS) is 20.5. The van der Waals surface area contributed by atoms with Gasteiger partial charge in [-0.1, -0.05) is 69.3 Å². The van der Waals surface area contributed by atoms with E-state index < -0.39 is 59.8 Å². The first-order chi connectivity index (χ1) is 20.7. The highest BCUT2D eigenvalue weighted by atomic mass is 19.3. The maximum atomic E-state index is 13.4. The molecule has 4 N–H and O–H groups in total. The van der Waals surface area contributed by atoms with Crippen molar-refractivity contribution in [2.45, 2.75) is 58.0 Å². The molecule has 2 amide bonds. The zero-order valence-electron chi connectivity index (χ0n) is 24.3. The maximum absolute atomic E-state index is 13.4. The first kappa shape index (κ1) is 29.6. The molecule has 0 radical (unpaired) electrons. The molecule has 2 aromatic heterocycles. The van der Waals surface area contributed by atoms with Crippen LogP contribution in [0.25, 0.3) is 33.6 Å². The van der Waals surface area contributed by atoms with Crippen LogP contribution >= 0.6 is 0 Å². The number of benzene rings is 2. The molecular weight excluding hydrogens is 576 g/mol. The SMILES string of the molecule is CC(C)(C)C(NC(=O)C1CC1(F)F)c1ncc(-c2ccc(-c3ccc(-c4cnc(CNC(=O)C5CC5(F)F)[nH]4)cc3)cc2)[nH]1. The molecule has 0 aliphatic heterocycles. The summed E-state index contributed by atoms with van der Waals surface area (Å²) in [5.74, 6) is -8.73. The predicted molar refractivity (Wildman–Crippen MR) is 155 cm³/mol. The minimum absolute atomic E-state index is 0.0402. The zero-order chi connectivity index (χ0) is 31.4. The standard InChI is InChI=1S/C32H32F4N6O2/c1-30(2,3)26(42-29(44)22-13-32(22,35)36)27-38-15-24(41-27)20-10-6-18(7-11-20)17-4-8-19(9-5-17)23-14-37-25(40-23)16-39-28(43)21-12-31(21,33)34/h4-11,14-15,21-22,26H,12-13,16H2,1-3H3,(H,37,40)(H,38,41)(H,39,43)(H,42,44). The van der Waals surface area contributed by atoms with Crippen molar-refractivity contribution < 1.29 is 27.2 Å². The smallest absolute Gasteiger partial charge is 0.260 e. The number of carbonyl (C=O) groups is 2. The number of hydrogen-bond donors (Lipinski definition) is 4. The van der Waals surface area contributed by atoms with E-state index in [2.05, 4.69) is 30.6 Å². The number of aromatic nitrogens is 4. The predicted octanol–water partition coefficient (Wildman–Crippen LogP) is 6.26. The van der Waals surface area contributed by atoms with Gasteiger partial charge in [0.05, 0.1) is 36.4 Å². The van der Waals surface area contributed by atoms with Gasteiger partial charge < -0.3 is 20.6 Å². The van der Waals surface area contributed by atoms with Crippen LogP contribution in [0.3, 0.4) is 0 Å². The second kappa shape index (κ2) is 10.6. The summed E-state index contributed by atoms with van der Waals surface area (Å²) in [5.41, 5.74) is 4.72. The molecular formula is C32H32F4N6O2. The summed E-state index contributed by atoms with van der Waals surface area (Å²) in [6, 6.07) is 15.1. The fourth-order valence-electron chi connectivity index (χ4n) is 5.14. The summed E-state index contributed by atoms with van der Waals surface area (Å²) in [4.78, 5) is 39.3. The molecule has 3 atom stereocenters. The Morgan fingerprint density at radius 1 is 0.795 bits per heavy atom. The topological polar surface area (TPSA) is 116 Å². The number of aromatic amines is 2. The number of carbonyl (C=O) groups excluding carboxylic acids is 2. The van der Waals surface area contributed by atoms with E-state index in [1.54, 1.807) is 12.4 Å². The Bertz CT molecular complexity index is 1690. The molecule has 2 aliphatic carbocycles. The van der Waals surface area contributed by atoms with Gasteiger partial charge in [0.25, 0.3) is 11.8 Å². The molecule has 12 heteroatoms. The Balaban J connectivity index is 1.09. The molecule has 3 unspecified atom stereocenters. The van der Waals surface area contributed by atoms with Crippen LogP contribution < -0.4 is 10.6 Å². The molecule has 2 heterocycles. The van der Waals surface area contributed by atoms with E-state index in [9.17, 15) is 27.2 Å². The lowest BCUT2D eigenvalue weighted by molar-refractivity contribution is -0.126. The van der Waals surface area contributed by atoms with Crippen molar-refractivity contribution in [1.29, 1.82) is 0 Å². The van der Waals surface area contributed by atoms with Crippen molar-refractivity contribution in [2.24, 2.45) is 17.3 Å². The van der Waals surface area contributed by atoms with Gasteiger partial charge in [-0.2, -0.15) is 0 Å². The van der Waals surface area contributed by atoms with Crippen LogP contribution in [0.4, 0.5) is 17.6 Å². The van der Waals surface area contributed by atoms with Crippen LogP contribution in [0, 0.1) is 17.3 Å². The van der Waals surface area contributed by atoms with Gasteiger partial charge in [0.1, 0.15) is 23.5 Å². The molecule has 44 heavy (non-hydrogen) atoms. The average Bonchev–Trinajstić information content (AvgIpc) is 3.57. The van der Waals surface area contributed by atoms with Crippen molar-refractivity contribution in [3.8, 4) is 33.6 Å². The number of rotatable bonds is 9. The van der Waals surface area contributed by atoms with Crippen molar-refractivity contribution in [2.75, 3.05) is 0 Å². The second-order valence-corrected chi connectivity index (χ2v) is 12.6. The van der Waals surface area contributed by atoms with Gasteiger partial charge in [-0.25, -0.2) is 27.5 Å². The third kappa shape index (κ3) is 6.11. The van der Waals surface area contributed by atoms with Crippen LogP contribution in [0.2, 0.25) is 0 Å². The fourth-order valence-corrected chi connectivity index (χ4v) is 5.14. The fraction of sp³-hybridized carbons (Fsp3) is 0.375. The monoisotopic (exact) mass is 608 g/mol. The summed E-state index contributed by atoms with van der Waals surface area (Å²) in [6.07, 6.45) is 2.47. The minimum atomic E-state index is -2.94. The molecule has 6 rings (SSSR count). The first-order valence-corrected chi connectivity index (χ1v) is 14.3. The molecule has 2 saturated carbocycles. The largest absolute Gasteiger partial charge is 0.348 e. The quantitative estimate of drug-likeness (QED) is 0.168. The number of H-pyrrole nitrogens is 2. The summed E-state index contributed by atoms with van der Waals surface area (Å²) in [5, 5.41) is 5.26. The van der Waals surface area contributed by atoms with Gasteiger partial charge in [-0.15, -0.1) is 0 Å². The molecule has 0 spiro atoms. The van der Waals surface area contributed by atoms with Crippen LogP contribution in [-0.4, -0.2) is 43.6 Å². The van der Waals surface area contributed by atoms with E-state index in [0.29, 0.717) is 11.6 Å². The van der Waals surface area contributed by atoms with Gasteiger partial charge in [0, 0.05) is 12.8 Å². The molecule has 2 fully saturated rings. The lowest BCUT2D eigenvalue weighted by atomic mass is 9.86. The molecule has 0 bridgehead atoms. The summed E-state index contributed by atoms with van der Waals surface area (Å²) in [7, 11) is 0. The molecule has 4 aromatic rings. The molecule has 2 aromatic carbocycles. The Morgan fingerprint density at radius 3 is 1.75 bits per heavy atom. The lowest BCUT2D eigenvalue weighted by Gasteiger charge is -2.30. The van der Waals surface area contributed by atoms with Crippen LogP contribution in [-0.2, 0) is 16.1 Å². The molecule has 230 valence electrons. The van der Waals surface area contributed by atoms with Crippen molar-refractivity contribution in [3.63, 3.8) is 0 Å². The molecule has 0 saturated heterocycles. The van der Waals surface area contributed by atoms with Gasteiger partial charge in [-0.05, 0) is 27.7 Å². The number of hydrogen-bond acceptors (Lipinski definition) is 4. The van der Waals surface area contributed by atoms with Crippen molar-refractivity contribution >= 4 is 11.8 Å². The average molecular weight is 609 g/mol. The van der Waals surface area contributed by atoms with E-state index in [4.69, 9.17) is 0 Å². The number of nitrogens with one attached hydrogen (secondary N) is 4. The van der Waals surface area contributed by atoms with E-state index in [1.165, 1.54) is 0 Å². The van der Waals surface area contributed by atoms with Gasteiger partial charge in [0.15, 0.2) is 0 Å². The van der Waals surface area contributed by atoms with Gasteiger partial charge in [-0.3, -0.25) is 9.59 Å². The summed E-state index contributed by atoms with van der Waals surface area (Å²) >= 11 is 0. The van der Waals surface area contributed by atoms with Gasteiger partial charge in [0.2, 0.25) is 11.8 Å². The number of amides is 2. The minimum Gasteiger partial charge on any atom is -0.348 e. The lowest BCUT2D eigenvalue weighted by Crippen LogP contribution is -2.39. The third-order valence-electron chi connectivity index (χ3n) is 8.09. The van der Waals surface area contributed by atoms with E-state index in [1.807, 2.05) is 69.3 Å². The van der Waals surface area contributed by atoms with Crippen molar-refractivity contribution in [1.82, 2.24) is 30.6 Å². The first-order valence-electron chi connectivity index (χ1n) is 14.3. The van der Waals surface area contributed by atoms with E-state index >= 15 is 0 Å². The zero-order valence-corrected chi connectivity index (χ0v) is 24.3. The Labute approximate surface area is 251 Å². The Kier molecular flexibility index (Phi) is 7.13. The Hall–Kier alpha value is -4.48. The van der Waals surface area contributed by atoms with Crippen LogP contribution in [0.5, 0.6) is 0 Å². The van der Waals surface area contributed by atoms with Crippen LogP contribution in [0.15, 0.2) is 60.9 Å². The summed E-state index contributed by atoms with van der Waals surface area (Å²) in [6.45, 7) is 5.78. The number of halogens is 4. The summed E-state index contributed by atoms with van der Waals surface area (Å²) < 4.78 is 53.0. The number of alkyl halides is 4. The van der Waals surface area contributed by atoms with Crippen molar-refractivity contribution in [3.05, 3.63) is 72.6 Å². The van der Waals surface area contributed by atoms with Crippen LogP contribution in [0.1, 0.15) is 51.3 Å². The van der Waals surface area contributed by atoms with E-state index in [-0.39, 0.29) is 6.54 Å². The molecule has 2 aliphatic rings. The van der Waals surface area contributed by atoms with E-state index in [0.717, 1.165) is 33.6 Å². The number of nitrogens with zero attached hydrogens (tertiary/aromatic N) is 2. The highest BCUT2D eigenvalue weighted by Crippen LogP contribution is 2.49. The molecule has 8 nitrogen and oxygen atoms in total. The maximum Gasteiger partial charge on any atom is 0.260 e. The third-order valence-corrected chi connectivity index (χ3v) is 8.09. The highest BCUT2D eigenvalue weighted by Gasteiger charge is 2.62. The second-order valence-electron chi connectivity index (χ2n) is 12.6. The Morgan fingerprint density at radius 2 is 1.25 bits per heavy atom.